The highest BCUT2D eigenvalue weighted by Gasteiger charge is 2.33. The number of aromatic hydroxyl groups is 1. The summed E-state index contributed by atoms with van der Waals surface area (Å²) in [6, 6.07) is 9.02. The van der Waals surface area contributed by atoms with E-state index in [9.17, 15) is 27.9 Å². The van der Waals surface area contributed by atoms with Crippen LogP contribution in [0.1, 0.15) is 38.3 Å². The molecule has 0 saturated heterocycles. The highest BCUT2D eigenvalue weighted by molar-refractivity contribution is 6.33. The number of aromatic nitrogens is 1. The number of carbonyl (C=O) groups is 2. The van der Waals surface area contributed by atoms with Gasteiger partial charge in [-0.2, -0.15) is 13.2 Å². The maximum atomic E-state index is 12.9. The number of halogens is 4. The number of ether oxygens (including phenoxy) is 1. The van der Waals surface area contributed by atoms with Gasteiger partial charge in [0.1, 0.15) is 16.6 Å². The topological polar surface area (TPSA) is 88.5 Å². The summed E-state index contributed by atoms with van der Waals surface area (Å²) in [5.74, 6) is -1.66. The van der Waals surface area contributed by atoms with E-state index < -0.39 is 28.9 Å². The lowest BCUT2D eigenvalue weighted by molar-refractivity contribution is -0.141. The summed E-state index contributed by atoms with van der Waals surface area (Å²) in [5.41, 5.74) is 2.12. The second-order valence-corrected chi connectivity index (χ2v) is 8.29. The first-order valence-electron chi connectivity index (χ1n) is 10.4. The summed E-state index contributed by atoms with van der Waals surface area (Å²) >= 11 is 5.85. The molecule has 0 atom stereocenters. The minimum absolute atomic E-state index is 0.00164. The zero-order chi connectivity index (χ0) is 26.1. The van der Waals surface area contributed by atoms with E-state index >= 15 is 0 Å². The van der Waals surface area contributed by atoms with Crippen molar-refractivity contribution in [2.24, 2.45) is 0 Å². The van der Waals surface area contributed by atoms with Crippen molar-refractivity contribution in [3.8, 4) is 16.9 Å². The molecule has 2 aromatic carbocycles. The van der Waals surface area contributed by atoms with Gasteiger partial charge in [-0.15, -0.1) is 0 Å². The summed E-state index contributed by atoms with van der Waals surface area (Å²) in [6.07, 6.45) is -4.86. The third kappa shape index (κ3) is 5.40. The fourth-order valence-corrected chi connectivity index (χ4v) is 3.93. The third-order valence-corrected chi connectivity index (χ3v) is 5.90. The fourth-order valence-electron chi connectivity index (χ4n) is 3.69. The Balaban J connectivity index is 2.12. The molecule has 2 N–H and O–H groups in total. The van der Waals surface area contributed by atoms with Gasteiger partial charge in [-0.05, 0) is 55.2 Å². The van der Waals surface area contributed by atoms with Crippen LogP contribution < -0.4 is 5.32 Å². The van der Waals surface area contributed by atoms with E-state index in [0.717, 1.165) is 17.2 Å². The second-order valence-electron chi connectivity index (χ2n) is 7.93. The van der Waals surface area contributed by atoms with Crippen molar-refractivity contribution in [1.29, 1.82) is 0 Å². The summed E-state index contributed by atoms with van der Waals surface area (Å²) < 4.78 is 43.5. The Morgan fingerprint density at radius 3 is 2.23 bits per heavy atom. The minimum Gasteiger partial charge on any atom is -0.505 e. The van der Waals surface area contributed by atoms with Crippen LogP contribution in [0.4, 0.5) is 18.9 Å². The van der Waals surface area contributed by atoms with Crippen molar-refractivity contribution in [3.05, 3.63) is 75.1 Å². The average Bonchev–Trinajstić information content (AvgIpc) is 2.80. The molecule has 6 nitrogen and oxygen atoms in total. The van der Waals surface area contributed by atoms with Crippen LogP contribution in [-0.4, -0.2) is 29.1 Å². The van der Waals surface area contributed by atoms with Gasteiger partial charge in [-0.1, -0.05) is 41.4 Å². The highest BCUT2D eigenvalue weighted by Crippen LogP contribution is 2.42. The van der Waals surface area contributed by atoms with Crippen molar-refractivity contribution < 1.29 is 32.6 Å². The van der Waals surface area contributed by atoms with Gasteiger partial charge in [0.2, 0.25) is 0 Å². The number of phenols is 1. The Kier molecular flexibility index (Phi) is 7.40. The summed E-state index contributed by atoms with van der Waals surface area (Å²) in [6.45, 7) is 5.17. The molecule has 0 unspecified atom stereocenters. The van der Waals surface area contributed by atoms with Gasteiger partial charge in [0.25, 0.3) is 5.91 Å². The Morgan fingerprint density at radius 2 is 1.69 bits per heavy atom. The van der Waals surface area contributed by atoms with Gasteiger partial charge in [0, 0.05) is 5.56 Å². The average molecular weight is 507 g/mol. The first kappa shape index (κ1) is 26.0. The highest BCUT2D eigenvalue weighted by atomic mass is 35.5. The van der Waals surface area contributed by atoms with Gasteiger partial charge < -0.3 is 15.2 Å². The number of pyridine rings is 1. The molecule has 0 aliphatic carbocycles. The number of aryl methyl sites for hydroxylation is 1. The number of phenolic OH excluding ortho intramolecular Hbond substituents is 1. The second kappa shape index (κ2) is 9.95. The number of anilines is 1. The lowest BCUT2D eigenvalue weighted by Crippen LogP contribution is -2.17. The van der Waals surface area contributed by atoms with Crippen LogP contribution in [0.5, 0.6) is 5.75 Å². The molecule has 35 heavy (non-hydrogen) atoms. The largest absolute Gasteiger partial charge is 0.505 e. The van der Waals surface area contributed by atoms with Crippen molar-refractivity contribution >= 4 is 29.2 Å². The van der Waals surface area contributed by atoms with Crippen LogP contribution in [0.2, 0.25) is 5.15 Å². The Hall–Kier alpha value is -3.59. The minimum atomic E-state index is -4.72. The number of nitrogens with zero attached hydrogens (tertiary/aromatic N) is 1. The summed E-state index contributed by atoms with van der Waals surface area (Å²) in [7, 11) is 1.25. The number of alkyl halides is 3. The summed E-state index contributed by atoms with van der Waals surface area (Å²) in [5, 5.41) is 12.8. The van der Waals surface area contributed by atoms with Crippen molar-refractivity contribution in [2.75, 3.05) is 12.4 Å². The zero-order valence-electron chi connectivity index (χ0n) is 19.3. The van der Waals surface area contributed by atoms with Crippen molar-refractivity contribution in [3.63, 3.8) is 0 Å². The lowest BCUT2D eigenvalue weighted by Gasteiger charge is -2.22. The van der Waals surface area contributed by atoms with Crippen LogP contribution in [0, 0.1) is 20.8 Å². The van der Waals surface area contributed by atoms with Gasteiger partial charge in [-0.25, -0.2) is 4.98 Å². The molecule has 0 aliphatic heterocycles. The normalized spacial score (nSPS) is 11.3. The number of esters is 1. The molecule has 0 fully saturated rings. The molecule has 1 aromatic heterocycles. The predicted molar refractivity (Wildman–Crippen MR) is 126 cm³/mol. The molecule has 184 valence electrons. The summed E-state index contributed by atoms with van der Waals surface area (Å²) in [4.78, 5) is 28.3. The van der Waals surface area contributed by atoms with Crippen LogP contribution in [-0.2, 0) is 22.1 Å². The number of nitrogens with one attached hydrogen (secondary N) is 1. The lowest BCUT2D eigenvalue weighted by atomic mass is 9.87. The molecule has 10 heteroatoms. The molecule has 0 spiro atoms. The Bertz CT molecular complexity index is 1310. The van der Waals surface area contributed by atoms with Gasteiger partial charge in [-0.3, -0.25) is 9.59 Å². The van der Waals surface area contributed by atoms with E-state index in [-0.39, 0.29) is 23.4 Å². The quantitative estimate of drug-likeness (QED) is 0.251. The van der Waals surface area contributed by atoms with Crippen LogP contribution in [0.25, 0.3) is 11.1 Å². The molecule has 3 aromatic rings. The number of hydrogen-bond donors (Lipinski definition) is 2. The molecule has 1 amide bonds. The number of benzene rings is 2. The molecular weight excluding hydrogens is 485 g/mol. The van der Waals surface area contributed by atoms with E-state index in [1.165, 1.54) is 7.11 Å². The first-order chi connectivity index (χ1) is 16.3. The molecule has 0 bridgehead atoms. The van der Waals surface area contributed by atoms with Crippen LogP contribution in [0.3, 0.4) is 0 Å². The first-order valence-corrected chi connectivity index (χ1v) is 10.8. The van der Waals surface area contributed by atoms with Crippen LogP contribution in [0.15, 0.2) is 36.4 Å². The fraction of sp³-hybridized carbons (Fsp3) is 0.240. The standard InChI is InChI=1S/C25H22ClF3N2O4/c1-12-5-7-15(8-6-12)20-14(3)22(33)21(13(2)17(20)11-19(32)35-4)31-24(34)16-9-10-18(25(27,28)29)30-23(16)26/h5-10,33H,11H2,1-4H3,(H,31,34). The maximum absolute atomic E-state index is 12.9. The predicted octanol–water partition coefficient (Wildman–Crippen LogP) is 6.02. The maximum Gasteiger partial charge on any atom is 0.433 e. The number of rotatable bonds is 5. The Morgan fingerprint density at radius 1 is 1.06 bits per heavy atom. The van der Waals surface area contributed by atoms with Gasteiger partial charge >= 0.3 is 12.1 Å². The smallest absolute Gasteiger partial charge is 0.433 e. The van der Waals surface area contributed by atoms with E-state index in [0.29, 0.717) is 28.3 Å². The van der Waals surface area contributed by atoms with Gasteiger partial charge in [0.15, 0.2) is 0 Å². The van der Waals surface area contributed by atoms with E-state index in [1.807, 2.05) is 31.2 Å². The van der Waals surface area contributed by atoms with Crippen molar-refractivity contribution in [1.82, 2.24) is 4.98 Å². The monoisotopic (exact) mass is 506 g/mol. The molecule has 1 heterocycles. The number of methoxy groups -OCH3 is 1. The van der Waals surface area contributed by atoms with E-state index in [2.05, 4.69) is 10.3 Å². The number of amides is 1. The third-order valence-electron chi connectivity index (χ3n) is 5.61. The molecule has 0 aliphatic rings. The Labute approximate surface area is 204 Å². The molecule has 3 rings (SSSR count). The molecule has 0 saturated carbocycles. The number of hydrogen-bond acceptors (Lipinski definition) is 5. The van der Waals surface area contributed by atoms with Gasteiger partial charge in [0.05, 0.1) is 24.8 Å². The molecular formula is C25H22ClF3N2O4. The van der Waals surface area contributed by atoms with E-state index in [4.69, 9.17) is 16.3 Å². The molecule has 0 radical (unpaired) electrons. The zero-order valence-corrected chi connectivity index (χ0v) is 20.1. The van der Waals surface area contributed by atoms with Crippen molar-refractivity contribution in [2.45, 2.75) is 33.4 Å². The van der Waals surface area contributed by atoms with E-state index in [1.54, 1.807) is 13.8 Å². The SMILES string of the molecule is COC(=O)Cc1c(C)c(NC(=O)c2ccc(C(F)(F)F)nc2Cl)c(O)c(C)c1-c1ccc(C)cc1. The number of carbonyl (C=O) groups excluding carboxylic acids is 2. The van der Waals surface area contributed by atoms with Crippen LogP contribution >= 0.6 is 11.6 Å².